The molecule has 0 saturated carbocycles. The summed E-state index contributed by atoms with van der Waals surface area (Å²) in [6.45, 7) is 5.66. The van der Waals surface area contributed by atoms with Crippen LogP contribution in [-0.2, 0) is 25.8 Å². The lowest BCUT2D eigenvalue weighted by atomic mass is 9.96. The van der Waals surface area contributed by atoms with Crippen LogP contribution in [0.25, 0.3) is 0 Å². The number of fused-ring (bicyclic) bond motifs is 2. The predicted molar refractivity (Wildman–Crippen MR) is 98.1 cm³/mol. The summed E-state index contributed by atoms with van der Waals surface area (Å²) in [5, 5.41) is 0. The second kappa shape index (κ2) is 8.46. The van der Waals surface area contributed by atoms with Gasteiger partial charge in [0.05, 0.1) is 6.33 Å². The molecule has 130 valence electrons. The normalized spacial score (nSPS) is 16.4. The van der Waals surface area contributed by atoms with Crippen LogP contribution >= 0.6 is 0 Å². The minimum absolute atomic E-state index is 1.02. The van der Waals surface area contributed by atoms with Crippen LogP contribution in [0.2, 0.25) is 0 Å². The first-order valence-electron chi connectivity index (χ1n) is 9.75. The van der Waals surface area contributed by atoms with Gasteiger partial charge in [-0.25, -0.2) is 4.98 Å². The van der Waals surface area contributed by atoms with Gasteiger partial charge in [-0.15, -0.1) is 0 Å². The Kier molecular flexibility index (Phi) is 6.06. The highest BCUT2D eigenvalue weighted by molar-refractivity contribution is 5.26. The summed E-state index contributed by atoms with van der Waals surface area (Å²) in [6.07, 6.45) is 16.9. The molecule has 1 aliphatic rings. The van der Waals surface area contributed by atoms with Gasteiger partial charge in [0.2, 0.25) is 0 Å². The second-order valence-electron chi connectivity index (χ2n) is 7.32. The summed E-state index contributed by atoms with van der Waals surface area (Å²) >= 11 is 0. The Labute approximate surface area is 146 Å². The summed E-state index contributed by atoms with van der Waals surface area (Å²) in [5.74, 6) is 0. The molecule has 3 heteroatoms. The number of aryl methyl sites for hydroxylation is 3. The molecule has 0 atom stereocenters. The summed E-state index contributed by atoms with van der Waals surface area (Å²) in [5.41, 5.74) is 7.30. The molecule has 3 nitrogen and oxygen atoms in total. The van der Waals surface area contributed by atoms with Gasteiger partial charge >= 0.3 is 0 Å². The number of nitrogens with one attached hydrogen (secondary N) is 1. The maximum absolute atomic E-state index is 4.15. The molecule has 24 heavy (non-hydrogen) atoms. The van der Waals surface area contributed by atoms with Gasteiger partial charge in [-0.05, 0) is 31.7 Å². The number of hydrogen-bond acceptors (Lipinski definition) is 1. The van der Waals surface area contributed by atoms with Gasteiger partial charge in [-0.3, -0.25) is 0 Å². The van der Waals surface area contributed by atoms with E-state index in [0.717, 1.165) is 13.0 Å². The van der Waals surface area contributed by atoms with Crippen LogP contribution in [0, 0.1) is 13.8 Å². The van der Waals surface area contributed by atoms with E-state index < -0.39 is 0 Å². The van der Waals surface area contributed by atoms with Crippen molar-refractivity contribution in [2.24, 2.45) is 0 Å². The molecular formula is C21H32N3+. The first-order valence-corrected chi connectivity index (χ1v) is 9.75. The van der Waals surface area contributed by atoms with Crippen LogP contribution in [-0.4, -0.2) is 9.97 Å². The second-order valence-corrected chi connectivity index (χ2v) is 7.32. The fourth-order valence-electron chi connectivity index (χ4n) is 4.03. The molecule has 2 bridgehead atoms. The van der Waals surface area contributed by atoms with E-state index in [1.165, 1.54) is 74.9 Å². The quantitative estimate of drug-likeness (QED) is 0.834. The number of nitrogens with zero attached hydrogens (tertiary/aromatic N) is 2. The smallest absolute Gasteiger partial charge is 0.181 e. The average molecular weight is 327 g/mol. The molecule has 2 aromatic rings. The number of rotatable bonds is 3. The van der Waals surface area contributed by atoms with Crippen molar-refractivity contribution in [2.45, 2.75) is 84.6 Å². The molecule has 0 radical (unpaired) electrons. The Balaban J connectivity index is 1.85. The number of imidazole rings is 1. The third kappa shape index (κ3) is 4.25. The molecule has 0 aromatic carbocycles. The standard InChI is InChI=1S/C21H32N3/c1-17-19-10-8-6-4-3-5-7-9-11-20(14-19)18(2)24(17)13-12-21-15-22-16-23-21/h14-16H,3-13H2,1-2H3,(H,22,23)/q+1. The maximum Gasteiger partial charge on any atom is 0.181 e. The van der Waals surface area contributed by atoms with Crippen LogP contribution in [0.5, 0.6) is 0 Å². The van der Waals surface area contributed by atoms with Crippen LogP contribution in [0.4, 0.5) is 0 Å². The van der Waals surface area contributed by atoms with E-state index in [1.54, 1.807) is 17.5 Å². The Hall–Kier alpha value is -1.64. The third-order valence-electron chi connectivity index (χ3n) is 5.64. The molecule has 3 rings (SSSR count). The van der Waals surface area contributed by atoms with Crippen molar-refractivity contribution in [1.82, 2.24) is 9.97 Å². The van der Waals surface area contributed by atoms with Crippen molar-refractivity contribution in [2.75, 3.05) is 0 Å². The maximum atomic E-state index is 4.15. The Bertz CT molecular complexity index is 609. The average Bonchev–Trinajstić information content (AvgIpc) is 3.08. The molecule has 2 aromatic heterocycles. The van der Waals surface area contributed by atoms with Crippen molar-refractivity contribution < 1.29 is 4.57 Å². The summed E-state index contributed by atoms with van der Waals surface area (Å²) in [4.78, 5) is 7.38. The van der Waals surface area contributed by atoms with E-state index in [9.17, 15) is 0 Å². The fraction of sp³-hybridized carbons (Fsp3) is 0.619. The lowest BCUT2D eigenvalue weighted by Gasteiger charge is -2.14. The van der Waals surface area contributed by atoms with Crippen molar-refractivity contribution in [1.29, 1.82) is 0 Å². The monoisotopic (exact) mass is 326 g/mol. The molecular weight excluding hydrogens is 294 g/mol. The Morgan fingerprint density at radius 3 is 2.04 bits per heavy atom. The van der Waals surface area contributed by atoms with Crippen molar-refractivity contribution in [3.8, 4) is 0 Å². The first-order chi connectivity index (χ1) is 11.8. The predicted octanol–water partition coefficient (Wildman–Crippen LogP) is 4.39. The number of pyridine rings is 1. The molecule has 2 heterocycles. The molecule has 0 unspecified atom stereocenters. The fourth-order valence-corrected chi connectivity index (χ4v) is 4.03. The number of aromatic nitrogens is 3. The van der Waals surface area contributed by atoms with Gasteiger partial charge in [-0.1, -0.05) is 32.1 Å². The molecule has 0 aliphatic heterocycles. The van der Waals surface area contributed by atoms with Crippen molar-refractivity contribution >= 4 is 0 Å². The number of hydrogen-bond donors (Lipinski definition) is 1. The van der Waals surface area contributed by atoms with Crippen LogP contribution < -0.4 is 4.57 Å². The summed E-state index contributed by atoms with van der Waals surface area (Å²) in [6, 6.07) is 2.51. The topological polar surface area (TPSA) is 32.6 Å². The zero-order valence-corrected chi connectivity index (χ0v) is 15.4. The molecule has 0 spiro atoms. The first kappa shape index (κ1) is 17.2. The van der Waals surface area contributed by atoms with Gasteiger partial charge < -0.3 is 4.98 Å². The zero-order chi connectivity index (χ0) is 16.8. The van der Waals surface area contributed by atoms with Gasteiger partial charge in [0.15, 0.2) is 17.9 Å². The van der Waals surface area contributed by atoms with E-state index in [2.05, 4.69) is 34.4 Å². The summed E-state index contributed by atoms with van der Waals surface area (Å²) < 4.78 is 2.55. The Morgan fingerprint density at radius 2 is 1.50 bits per heavy atom. The molecule has 0 fully saturated rings. The van der Waals surface area contributed by atoms with Gasteiger partial charge in [0.25, 0.3) is 0 Å². The van der Waals surface area contributed by atoms with E-state index in [0.29, 0.717) is 0 Å². The molecule has 0 saturated heterocycles. The largest absolute Gasteiger partial charge is 0.348 e. The van der Waals surface area contributed by atoms with Gasteiger partial charge in [-0.2, -0.15) is 4.57 Å². The van der Waals surface area contributed by atoms with Gasteiger partial charge in [0.1, 0.15) is 0 Å². The highest BCUT2D eigenvalue weighted by Gasteiger charge is 2.20. The van der Waals surface area contributed by atoms with Crippen LogP contribution in [0.15, 0.2) is 18.6 Å². The lowest BCUT2D eigenvalue weighted by molar-refractivity contribution is -0.708. The zero-order valence-electron chi connectivity index (χ0n) is 15.4. The minimum Gasteiger partial charge on any atom is -0.348 e. The van der Waals surface area contributed by atoms with Crippen LogP contribution in [0.1, 0.15) is 73.2 Å². The van der Waals surface area contributed by atoms with E-state index in [4.69, 9.17) is 0 Å². The number of H-pyrrole nitrogens is 1. The van der Waals surface area contributed by atoms with Crippen molar-refractivity contribution in [3.63, 3.8) is 0 Å². The highest BCUT2D eigenvalue weighted by atomic mass is 15.0. The van der Waals surface area contributed by atoms with E-state index >= 15 is 0 Å². The molecule has 0 amide bonds. The van der Waals surface area contributed by atoms with E-state index in [1.807, 2.05) is 6.20 Å². The summed E-state index contributed by atoms with van der Waals surface area (Å²) in [7, 11) is 0. The van der Waals surface area contributed by atoms with Crippen LogP contribution in [0.3, 0.4) is 0 Å². The molecule has 1 aliphatic carbocycles. The highest BCUT2D eigenvalue weighted by Crippen LogP contribution is 2.19. The SMILES string of the molecule is Cc1c2cc(c(C)[n+]1CCc1cnc[nH]1)CCCCCCCCC2. The van der Waals surface area contributed by atoms with Gasteiger partial charge in [0, 0.05) is 43.3 Å². The molecule has 1 N–H and O–H groups in total. The number of aromatic amines is 1. The lowest BCUT2D eigenvalue weighted by Crippen LogP contribution is -2.43. The Morgan fingerprint density at radius 1 is 0.917 bits per heavy atom. The third-order valence-corrected chi connectivity index (χ3v) is 5.64. The minimum atomic E-state index is 1.02. The van der Waals surface area contributed by atoms with Crippen molar-refractivity contribution in [3.05, 3.63) is 46.8 Å². The van der Waals surface area contributed by atoms with E-state index in [-0.39, 0.29) is 0 Å².